The van der Waals surface area contributed by atoms with Crippen LogP contribution in [0.2, 0.25) is 0 Å². The lowest BCUT2D eigenvalue weighted by Gasteiger charge is -2.36. The predicted molar refractivity (Wildman–Crippen MR) is 66.4 cm³/mol. The summed E-state index contributed by atoms with van der Waals surface area (Å²) in [6.07, 6.45) is 1.78. The van der Waals surface area contributed by atoms with Gasteiger partial charge in [0.2, 0.25) is 5.91 Å². The summed E-state index contributed by atoms with van der Waals surface area (Å²) in [7, 11) is 1.69. The number of rotatable bonds is 5. The van der Waals surface area contributed by atoms with Gasteiger partial charge in [0.05, 0.1) is 0 Å². The minimum atomic E-state index is 0.117. The maximum atomic E-state index is 11.1. The van der Waals surface area contributed by atoms with Gasteiger partial charge in [-0.05, 0) is 25.4 Å². The molecule has 2 atom stereocenters. The summed E-state index contributed by atoms with van der Waals surface area (Å²) in [6, 6.07) is 0.576. The van der Waals surface area contributed by atoms with E-state index >= 15 is 0 Å². The average Bonchev–Trinajstić information content (AvgIpc) is 2.30. The summed E-state index contributed by atoms with van der Waals surface area (Å²) in [5, 5.41) is 6.14. The van der Waals surface area contributed by atoms with E-state index < -0.39 is 0 Å². The summed E-state index contributed by atoms with van der Waals surface area (Å²) in [5.74, 6) is 0.796. The number of nitrogens with zero attached hydrogens (tertiary/aromatic N) is 1. The molecule has 0 radical (unpaired) electrons. The van der Waals surface area contributed by atoms with Gasteiger partial charge in [-0.2, -0.15) is 0 Å². The molecule has 2 unspecified atom stereocenters. The van der Waals surface area contributed by atoms with Crippen molar-refractivity contribution in [1.82, 2.24) is 15.5 Å². The Kier molecular flexibility index (Phi) is 5.77. The number of amides is 1. The molecule has 0 spiro atoms. The largest absolute Gasteiger partial charge is 0.359 e. The summed E-state index contributed by atoms with van der Waals surface area (Å²) < 4.78 is 0. The Morgan fingerprint density at radius 3 is 2.81 bits per heavy atom. The lowest BCUT2D eigenvalue weighted by molar-refractivity contribution is -0.120. The average molecular weight is 227 g/mol. The highest BCUT2D eigenvalue weighted by atomic mass is 16.1. The fourth-order valence-corrected chi connectivity index (χ4v) is 2.32. The topological polar surface area (TPSA) is 44.4 Å². The fraction of sp³-hybridized carbons (Fsp3) is 0.917. The third-order valence-electron chi connectivity index (χ3n) is 3.47. The van der Waals surface area contributed by atoms with Gasteiger partial charge in [0, 0.05) is 32.6 Å². The second kappa shape index (κ2) is 6.86. The minimum Gasteiger partial charge on any atom is -0.359 e. The Balaban J connectivity index is 2.20. The predicted octanol–water partition coefficient (Wildman–Crippen LogP) is 0.442. The number of hydrogen-bond acceptors (Lipinski definition) is 3. The molecule has 1 fully saturated rings. The van der Waals surface area contributed by atoms with Crippen molar-refractivity contribution in [2.24, 2.45) is 5.92 Å². The molecule has 1 heterocycles. The summed E-state index contributed by atoms with van der Waals surface area (Å²) in [6.45, 7) is 8.80. The van der Waals surface area contributed by atoms with Gasteiger partial charge in [-0.15, -0.1) is 0 Å². The Labute approximate surface area is 98.8 Å². The van der Waals surface area contributed by atoms with Gasteiger partial charge < -0.3 is 15.5 Å². The van der Waals surface area contributed by atoms with Crippen molar-refractivity contribution >= 4 is 5.91 Å². The molecule has 0 aliphatic carbocycles. The van der Waals surface area contributed by atoms with Crippen molar-refractivity contribution in [3.63, 3.8) is 0 Å². The van der Waals surface area contributed by atoms with E-state index in [0.29, 0.717) is 18.4 Å². The van der Waals surface area contributed by atoms with E-state index in [1.54, 1.807) is 7.05 Å². The van der Waals surface area contributed by atoms with Crippen LogP contribution in [-0.4, -0.2) is 50.1 Å². The molecular formula is C12H25N3O. The molecule has 4 nitrogen and oxygen atoms in total. The molecule has 94 valence electrons. The van der Waals surface area contributed by atoms with E-state index in [4.69, 9.17) is 0 Å². The number of carbonyl (C=O) groups excluding carboxylic acids is 1. The van der Waals surface area contributed by atoms with Gasteiger partial charge in [-0.25, -0.2) is 0 Å². The first-order valence-electron chi connectivity index (χ1n) is 6.33. The first-order valence-corrected chi connectivity index (χ1v) is 6.33. The number of hydrogen-bond donors (Lipinski definition) is 2. The van der Waals surface area contributed by atoms with Crippen LogP contribution in [0.15, 0.2) is 0 Å². The van der Waals surface area contributed by atoms with Crippen LogP contribution in [0.3, 0.4) is 0 Å². The molecule has 1 amide bonds. The van der Waals surface area contributed by atoms with Crippen molar-refractivity contribution in [1.29, 1.82) is 0 Å². The number of piperidine rings is 1. The minimum absolute atomic E-state index is 0.117. The van der Waals surface area contributed by atoms with E-state index in [1.807, 2.05) is 0 Å². The van der Waals surface area contributed by atoms with E-state index in [1.165, 1.54) is 19.5 Å². The van der Waals surface area contributed by atoms with E-state index in [9.17, 15) is 4.79 Å². The quantitative estimate of drug-likeness (QED) is 0.716. The van der Waals surface area contributed by atoms with Crippen molar-refractivity contribution in [3.8, 4) is 0 Å². The summed E-state index contributed by atoms with van der Waals surface area (Å²) in [4.78, 5) is 13.6. The smallest absolute Gasteiger partial charge is 0.221 e. The first-order chi connectivity index (χ1) is 7.67. The molecule has 1 aliphatic rings. The molecule has 0 aromatic carbocycles. The lowest BCUT2D eigenvalue weighted by atomic mass is 9.94. The van der Waals surface area contributed by atoms with Crippen LogP contribution in [0.4, 0.5) is 0 Å². The molecule has 2 N–H and O–H groups in total. The Hall–Kier alpha value is -0.610. The molecule has 1 aliphatic heterocycles. The van der Waals surface area contributed by atoms with Crippen LogP contribution in [-0.2, 0) is 4.79 Å². The molecule has 16 heavy (non-hydrogen) atoms. The second-order valence-electron chi connectivity index (χ2n) is 4.64. The summed E-state index contributed by atoms with van der Waals surface area (Å²) >= 11 is 0. The first kappa shape index (κ1) is 13.5. The van der Waals surface area contributed by atoms with Crippen LogP contribution in [0.25, 0.3) is 0 Å². The van der Waals surface area contributed by atoms with Gasteiger partial charge >= 0.3 is 0 Å². The van der Waals surface area contributed by atoms with Crippen LogP contribution in [0, 0.1) is 5.92 Å². The van der Waals surface area contributed by atoms with E-state index in [0.717, 1.165) is 13.1 Å². The van der Waals surface area contributed by atoms with E-state index in [2.05, 4.69) is 29.4 Å². The molecule has 4 heteroatoms. The molecular weight excluding hydrogens is 202 g/mol. The molecule has 1 saturated heterocycles. The normalized spacial score (nSPS) is 26.7. The molecule has 0 aromatic rings. The number of likely N-dealkylation sites (tertiary alicyclic amines) is 1. The molecule has 0 bridgehead atoms. The zero-order valence-electron chi connectivity index (χ0n) is 10.8. The van der Waals surface area contributed by atoms with Crippen molar-refractivity contribution in [2.45, 2.75) is 32.7 Å². The SMILES string of the molecule is CCN1CCC(NCCC(=O)NC)C(C)C1. The van der Waals surface area contributed by atoms with Gasteiger partial charge in [0.1, 0.15) is 0 Å². The summed E-state index contributed by atoms with van der Waals surface area (Å²) in [5.41, 5.74) is 0. The lowest BCUT2D eigenvalue weighted by Crippen LogP contribution is -2.48. The number of nitrogens with one attached hydrogen (secondary N) is 2. The Morgan fingerprint density at radius 2 is 2.25 bits per heavy atom. The monoisotopic (exact) mass is 227 g/mol. The second-order valence-corrected chi connectivity index (χ2v) is 4.64. The number of carbonyl (C=O) groups is 1. The Bertz CT molecular complexity index is 220. The van der Waals surface area contributed by atoms with Crippen molar-refractivity contribution in [2.75, 3.05) is 33.2 Å². The van der Waals surface area contributed by atoms with Crippen LogP contribution in [0.1, 0.15) is 26.7 Å². The van der Waals surface area contributed by atoms with Gasteiger partial charge in [0.15, 0.2) is 0 Å². The highest BCUT2D eigenvalue weighted by molar-refractivity contribution is 5.75. The zero-order chi connectivity index (χ0) is 12.0. The molecule has 0 saturated carbocycles. The standard InChI is InChI=1S/C12H25N3O/c1-4-15-8-6-11(10(2)9-15)14-7-5-12(16)13-3/h10-11,14H,4-9H2,1-3H3,(H,13,16). The highest BCUT2D eigenvalue weighted by Crippen LogP contribution is 2.16. The molecule has 0 aromatic heterocycles. The van der Waals surface area contributed by atoms with Gasteiger partial charge in [-0.3, -0.25) is 4.79 Å². The third-order valence-corrected chi connectivity index (χ3v) is 3.47. The van der Waals surface area contributed by atoms with Crippen molar-refractivity contribution in [3.05, 3.63) is 0 Å². The zero-order valence-corrected chi connectivity index (χ0v) is 10.8. The Morgan fingerprint density at radius 1 is 1.50 bits per heavy atom. The van der Waals surface area contributed by atoms with Crippen LogP contribution >= 0.6 is 0 Å². The van der Waals surface area contributed by atoms with Crippen LogP contribution in [0.5, 0.6) is 0 Å². The fourth-order valence-electron chi connectivity index (χ4n) is 2.32. The maximum Gasteiger partial charge on any atom is 0.221 e. The van der Waals surface area contributed by atoms with Crippen LogP contribution < -0.4 is 10.6 Å². The van der Waals surface area contributed by atoms with Crippen molar-refractivity contribution < 1.29 is 4.79 Å². The third kappa shape index (κ3) is 4.10. The van der Waals surface area contributed by atoms with E-state index in [-0.39, 0.29) is 5.91 Å². The molecule has 1 rings (SSSR count). The highest BCUT2D eigenvalue weighted by Gasteiger charge is 2.24. The van der Waals surface area contributed by atoms with Gasteiger partial charge in [0.25, 0.3) is 0 Å². The van der Waals surface area contributed by atoms with Gasteiger partial charge in [-0.1, -0.05) is 13.8 Å². The maximum absolute atomic E-state index is 11.1.